The van der Waals surface area contributed by atoms with E-state index in [-0.39, 0.29) is 23.0 Å². The van der Waals surface area contributed by atoms with Crippen molar-refractivity contribution in [3.63, 3.8) is 0 Å². The molecule has 2 aliphatic heterocycles. The monoisotopic (exact) mass is 541 g/mol. The lowest BCUT2D eigenvalue weighted by molar-refractivity contribution is -0.0488. The molecule has 0 amide bonds. The first-order valence-electron chi connectivity index (χ1n) is 13.9. The van der Waals surface area contributed by atoms with E-state index in [0.29, 0.717) is 13.2 Å². The molecule has 0 spiro atoms. The average Bonchev–Trinajstić information content (AvgIpc) is 3.58. The molecule has 0 saturated carbocycles. The molecule has 40 heavy (non-hydrogen) atoms. The molecule has 2 aliphatic rings. The van der Waals surface area contributed by atoms with E-state index in [0.717, 1.165) is 55.1 Å². The average molecular weight is 542 g/mol. The molecule has 0 bridgehead atoms. The lowest BCUT2D eigenvalue weighted by Gasteiger charge is -2.41. The molecule has 4 aromatic rings. The summed E-state index contributed by atoms with van der Waals surface area (Å²) in [6, 6.07) is 31.4. The summed E-state index contributed by atoms with van der Waals surface area (Å²) in [7, 11) is 0. The number of aromatic nitrogens is 2. The largest absolute Gasteiger partial charge is 0.476 e. The highest BCUT2D eigenvalue weighted by Gasteiger charge is 2.51. The van der Waals surface area contributed by atoms with Gasteiger partial charge in [-0.2, -0.15) is 0 Å². The molecule has 3 heterocycles. The maximum atomic E-state index is 13.4. The van der Waals surface area contributed by atoms with Crippen molar-refractivity contribution >= 4 is 0 Å². The normalized spacial score (nSPS) is 21.0. The van der Waals surface area contributed by atoms with Gasteiger partial charge < -0.3 is 9.47 Å². The number of alkyl halides is 2. The zero-order valence-corrected chi connectivity index (χ0v) is 22.3. The minimum atomic E-state index is -2.68. The smallest absolute Gasteiger partial charge is 0.270 e. The van der Waals surface area contributed by atoms with Gasteiger partial charge in [0.15, 0.2) is 0 Å². The minimum absolute atomic E-state index is 0.0332. The summed E-state index contributed by atoms with van der Waals surface area (Å²) >= 11 is 0. The van der Waals surface area contributed by atoms with Crippen molar-refractivity contribution in [2.45, 2.75) is 49.3 Å². The Bertz CT molecular complexity index is 1290. The number of ether oxygens (including phenoxy) is 2. The number of rotatable bonds is 10. The molecule has 7 heteroatoms. The van der Waals surface area contributed by atoms with Crippen LogP contribution in [-0.4, -0.2) is 46.2 Å². The van der Waals surface area contributed by atoms with Crippen LogP contribution in [-0.2, 0) is 10.3 Å². The number of nitrogens with zero attached hydrogens (tertiary/aromatic N) is 3. The molecule has 0 N–H and O–H groups in total. The van der Waals surface area contributed by atoms with Crippen LogP contribution in [0.5, 0.6) is 5.88 Å². The lowest BCUT2D eigenvalue weighted by atomic mass is 9.79. The third-order valence-corrected chi connectivity index (χ3v) is 8.48. The van der Waals surface area contributed by atoms with Crippen LogP contribution in [0.4, 0.5) is 8.78 Å². The van der Waals surface area contributed by atoms with E-state index in [1.165, 1.54) is 6.33 Å². The van der Waals surface area contributed by atoms with E-state index in [9.17, 15) is 8.78 Å². The summed E-state index contributed by atoms with van der Waals surface area (Å²) in [5.41, 5.74) is 2.04. The van der Waals surface area contributed by atoms with Gasteiger partial charge in [-0.25, -0.2) is 18.7 Å². The number of halogens is 2. The first-order chi connectivity index (χ1) is 19.6. The van der Waals surface area contributed by atoms with Crippen LogP contribution < -0.4 is 4.74 Å². The zero-order chi connectivity index (χ0) is 27.4. The molecule has 2 fully saturated rings. The van der Waals surface area contributed by atoms with Crippen LogP contribution >= 0.6 is 0 Å². The Balaban J connectivity index is 1.29. The molecule has 2 atom stereocenters. The Kier molecular flexibility index (Phi) is 7.59. The highest BCUT2D eigenvalue weighted by atomic mass is 19.3. The topological polar surface area (TPSA) is 47.5 Å². The summed E-state index contributed by atoms with van der Waals surface area (Å²) in [5.74, 6) is -0.0332. The van der Waals surface area contributed by atoms with E-state index < -0.39 is 12.0 Å². The molecule has 2 saturated heterocycles. The maximum Gasteiger partial charge on any atom is 0.270 e. The van der Waals surface area contributed by atoms with Crippen LogP contribution in [0.3, 0.4) is 0 Å². The highest BCUT2D eigenvalue weighted by molar-refractivity contribution is 5.47. The lowest BCUT2D eigenvalue weighted by Crippen LogP contribution is -2.49. The fourth-order valence-electron chi connectivity index (χ4n) is 6.58. The van der Waals surface area contributed by atoms with Crippen molar-refractivity contribution in [1.29, 1.82) is 0 Å². The van der Waals surface area contributed by atoms with Crippen molar-refractivity contribution in [2.75, 3.05) is 19.8 Å². The third-order valence-electron chi connectivity index (χ3n) is 8.48. The Morgan fingerprint density at radius 3 is 2.05 bits per heavy atom. The van der Waals surface area contributed by atoms with Crippen LogP contribution in [0, 0.1) is 0 Å². The summed E-state index contributed by atoms with van der Waals surface area (Å²) < 4.78 is 40.0. The van der Waals surface area contributed by atoms with Gasteiger partial charge in [-0.1, -0.05) is 91.0 Å². The Morgan fingerprint density at radius 2 is 1.48 bits per heavy atom. The molecule has 0 unspecified atom stereocenters. The number of hydrogen-bond acceptors (Lipinski definition) is 5. The van der Waals surface area contributed by atoms with Gasteiger partial charge in [-0.15, -0.1) is 0 Å². The standard InChI is InChI=1S/C33H33F2N3O2/c34-30(35)29-21-36-24-37-31(29)39-22-28-17-19-32(18-10-20-38(28)32)23-40-33(25-11-4-1-5-12-25,26-13-6-2-7-14-26)27-15-8-3-9-16-27/h1-9,11-16,21,24,28,30H,10,17-20,22-23H2/t28-,32-/m0/s1. The van der Waals surface area contributed by atoms with Gasteiger partial charge in [-0.05, 0) is 48.9 Å². The van der Waals surface area contributed by atoms with E-state index in [2.05, 4.69) is 87.7 Å². The van der Waals surface area contributed by atoms with Gasteiger partial charge >= 0.3 is 0 Å². The fourth-order valence-corrected chi connectivity index (χ4v) is 6.58. The molecule has 1 aromatic heterocycles. The molecule has 0 radical (unpaired) electrons. The molecule has 206 valence electrons. The van der Waals surface area contributed by atoms with Crippen LogP contribution in [0.15, 0.2) is 104 Å². The van der Waals surface area contributed by atoms with Crippen LogP contribution in [0.2, 0.25) is 0 Å². The predicted molar refractivity (Wildman–Crippen MR) is 149 cm³/mol. The third kappa shape index (κ3) is 4.88. The molecular formula is C33H33F2N3O2. The van der Waals surface area contributed by atoms with Gasteiger partial charge in [-0.3, -0.25) is 4.90 Å². The second-order valence-electron chi connectivity index (χ2n) is 10.7. The predicted octanol–water partition coefficient (Wildman–Crippen LogP) is 6.80. The molecule has 6 rings (SSSR count). The quantitative estimate of drug-likeness (QED) is 0.207. The van der Waals surface area contributed by atoms with Crippen molar-refractivity contribution in [2.24, 2.45) is 0 Å². The van der Waals surface area contributed by atoms with Gasteiger partial charge in [0.25, 0.3) is 6.43 Å². The van der Waals surface area contributed by atoms with Crippen LogP contribution in [0.25, 0.3) is 0 Å². The highest BCUT2D eigenvalue weighted by Crippen LogP contribution is 2.47. The number of fused-ring (bicyclic) bond motifs is 1. The van der Waals surface area contributed by atoms with E-state index >= 15 is 0 Å². The summed E-state index contributed by atoms with van der Waals surface area (Å²) in [6.45, 7) is 1.77. The van der Waals surface area contributed by atoms with Crippen molar-refractivity contribution in [3.05, 3.63) is 126 Å². The molecule has 3 aromatic carbocycles. The first-order valence-corrected chi connectivity index (χ1v) is 13.9. The Labute approximate surface area is 233 Å². The number of hydrogen-bond donors (Lipinski definition) is 0. The summed E-state index contributed by atoms with van der Waals surface area (Å²) in [5, 5.41) is 0. The van der Waals surface area contributed by atoms with E-state index in [4.69, 9.17) is 9.47 Å². The van der Waals surface area contributed by atoms with Gasteiger partial charge in [0.1, 0.15) is 18.5 Å². The molecule has 5 nitrogen and oxygen atoms in total. The van der Waals surface area contributed by atoms with E-state index in [1.807, 2.05) is 18.2 Å². The Hall–Kier alpha value is -3.68. The van der Waals surface area contributed by atoms with Gasteiger partial charge in [0.2, 0.25) is 5.88 Å². The fraction of sp³-hybridized carbons (Fsp3) is 0.333. The SMILES string of the molecule is FC(F)c1cncnc1OC[C@@H]1CC[C@]2(COC(c3ccccc3)(c3ccccc3)c3ccccc3)CCCN12. The van der Waals surface area contributed by atoms with Gasteiger partial charge in [0.05, 0.1) is 12.2 Å². The Morgan fingerprint density at radius 1 is 0.875 bits per heavy atom. The summed E-state index contributed by atoms with van der Waals surface area (Å²) in [6.07, 6.45) is 3.65. The number of benzene rings is 3. The second kappa shape index (κ2) is 11.4. The zero-order valence-electron chi connectivity index (χ0n) is 22.3. The van der Waals surface area contributed by atoms with Crippen LogP contribution in [0.1, 0.15) is 54.4 Å². The second-order valence-corrected chi connectivity index (χ2v) is 10.7. The summed E-state index contributed by atoms with van der Waals surface area (Å²) in [4.78, 5) is 10.2. The maximum absolute atomic E-state index is 13.4. The van der Waals surface area contributed by atoms with Gasteiger partial charge in [0, 0.05) is 17.8 Å². The minimum Gasteiger partial charge on any atom is -0.476 e. The van der Waals surface area contributed by atoms with Crippen molar-refractivity contribution in [3.8, 4) is 5.88 Å². The van der Waals surface area contributed by atoms with Crippen molar-refractivity contribution in [1.82, 2.24) is 14.9 Å². The molecular weight excluding hydrogens is 508 g/mol. The molecule has 0 aliphatic carbocycles. The first kappa shape index (κ1) is 26.5. The van der Waals surface area contributed by atoms with E-state index in [1.54, 1.807) is 0 Å². The van der Waals surface area contributed by atoms with Crippen molar-refractivity contribution < 1.29 is 18.3 Å².